The van der Waals surface area contributed by atoms with Crippen LogP contribution in [-0.2, 0) is 14.3 Å². The van der Waals surface area contributed by atoms with Crippen LogP contribution in [0.25, 0.3) is 11.1 Å². The monoisotopic (exact) mass is 452 g/mol. The van der Waals surface area contributed by atoms with Gasteiger partial charge in [0.2, 0.25) is 5.91 Å². The van der Waals surface area contributed by atoms with Crippen LogP contribution in [0.5, 0.6) is 0 Å². The number of benzene rings is 2. The number of carbonyl (C=O) groups is 3. The third-order valence-corrected chi connectivity index (χ3v) is 5.93. The Morgan fingerprint density at radius 3 is 2.00 bits per heavy atom. The molecule has 2 aromatic rings. The molecule has 2 amide bonds. The van der Waals surface area contributed by atoms with Gasteiger partial charge in [0, 0.05) is 5.92 Å². The number of aliphatic carboxylic acids is 1. The Bertz CT molecular complexity index is 982. The van der Waals surface area contributed by atoms with Gasteiger partial charge in [-0.15, -0.1) is 0 Å². The number of fused-ring (bicyclic) bond motifs is 3. The Hall–Kier alpha value is -3.35. The maximum Gasteiger partial charge on any atom is 0.407 e. The summed E-state index contributed by atoms with van der Waals surface area (Å²) in [5.41, 5.74) is 3.81. The van der Waals surface area contributed by atoms with Crippen molar-refractivity contribution in [1.29, 1.82) is 0 Å². The van der Waals surface area contributed by atoms with Gasteiger partial charge in [0.25, 0.3) is 0 Å². The average molecular weight is 453 g/mol. The summed E-state index contributed by atoms with van der Waals surface area (Å²) in [6, 6.07) is 14.1. The predicted octanol–water partition coefficient (Wildman–Crippen LogP) is 4.31. The fraction of sp³-hybridized carbons (Fsp3) is 0.423. The minimum Gasteiger partial charge on any atom is -0.480 e. The highest BCUT2D eigenvalue weighted by Crippen LogP contribution is 2.44. The lowest BCUT2D eigenvalue weighted by atomic mass is 9.86. The zero-order chi connectivity index (χ0) is 24.2. The number of carboxylic acid groups (broad SMARTS) is 1. The lowest BCUT2D eigenvalue weighted by molar-refractivity contribution is -0.142. The van der Waals surface area contributed by atoms with Gasteiger partial charge in [0.1, 0.15) is 18.7 Å². The van der Waals surface area contributed by atoms with Gasteiger partial charge in [-0.1, -0.05) is 82.6 Å². The number of ether oxygens (including phenoxy) is 1. The molecular formula is C26H32N2O5. The third-order valence-electron chi connectivity index (χ3n) is 5.93. The minimum absolute atomic E-state index is 0.0917. The molecule has 7 heteroatoms. The number of rotatable bonds is 8. The van der Waals surface area contributed by atoms with Crippen LogP contribution in [0.15, 0.2) is 48.5 Å². The topological polar surface area (TPSA) is 105 Å². The van der Waals surface area contributed by atoms with Crippen molar-refractivity contribution in [3.8, 4) is 11.1 Å². The maximum atomic E-state index is 12.9. The number of alkyl carbamates (subject to hydrolysis) is 1. The summed E-state index contributed by atoms with van der Waals surface area (Å²) in [5, 5.41) is 14.6. The fourth-order valence-corrected chi connectivity index (χ4v) is 4.23. The van der Waals surface area contributed by atoms with Crippen LogP contribution >= 0.6 is 0 Å². The molecule has 0 aliphatic heterocycles. The first-order valence-corrected chi connectivity index (χ1v) is 11.3. The van der Waals surface area contributed by atoms with Crippen molar-refractivity contribution in [3.63, 3.8) is 0 Å². The summed E-state index contributed by atoms with van der Waals surface area (Å²) in [4.78, 5) is 37.0. The molecule has 1 aliphatic carbocycles. The molecule has 0 radical (unpaired) electrons. The lowest BCUT2D eigenvalue weighted by Gasteiger charge is -2.31. The first kappa shape index (κ1) is 24.3. The fourth-order valence-electron chi connectivity index (χ4n) is 4.23. The van der Waals surface area contributed by atoms with Gasteiger partial charge in [0.15, 0.2) is 0 Å². The number of hydrogen-bond donors (Lipinski definition) is 3. The molecule has 0 aromatic heterocycles. The molecule has 0 bridgehead atoms. The molecule has 0 saturated heterocycles. The highest BCUT2D eigenvalue weighted by Gasteiger charge is 2.36. The van der Waals surface area contributed by atoms with Crippen LogP contribution < -0.4 is 10.6 Å². The molecule has 0 fully saturated rings. The van der Waals surface area contributed by atoms with Gasteiger partial charge in [-0.25, -0.2) is 9.59 Å². The van der Waals surface area contributed by atoms with E-state index in [4.69, 9.17) is 4.74 Å². The molecule has 176 valence electrons. The summed E-state index contributed by atoms with van der Waals surface area (Å²) in [5.74, 6) is -1.73. The van der Waals surface area contributed by atoms with E-state index in [1.807, 2.05) is 43.3 Å². The van der Waals surface area contributed by atoms with Crippen LogP contribution in [0.4, 0.5) is 4.79 Å². The Kier molecular flexibility index (Phi) is 7.41. The predicted molar refractivity (Wildman–Crippen MR) is 126 cm³/mol. The second-order valence-electron chi connectivity index (χ2n) is 9.46. The molecule has 33 heavy (non-hydrogen) atoms. The summed E-state index contributed by atoms with van der Waals surface area (Å²) < 4.78 is 5.57. The van der Waals surface area contributed by atoms with Gasteiger partial charge in [0.05, 0.1) is 0 Å². The molecule has 2 aromatic carbocycles. The van der Waals surface area contributed by atoms with E-state index in [2.05, 4.69) is 22.8 Å². The van der Waals surface area contributed by atoms with Gasteiger partial charge in [-0.3, -0.25) is 4.79 Å². The van der Waals surface area contributed by atoms with E-state index in [9.17, 15) is 19.5 Å². The summed E-state index contributed by atoms with van der Waals surface area (Å²) in [6.45, 7) is 7.38. The van der Waals surface area contributed by atoms with Crippen LogP contribution in [0.1, 0.15) is 57.6 Å². The van der Waals surface area contributed by atoms with E-state index < -0.39 is 35.5 Å². The Balaban J connectivity index is 1.69. The van der Waals surface area contributed by atoms with Gasteiger partial charge >= 0.3 is 12.1 Å². The standard InChI is InChI=1S/C26H32N2O5/c1-5-10-21(24(30)31)27-23(29)22(26(2,3)4)28-25(32)33-15-20-18-13-8-6-11-16(18)17-12-7-9-14-19(17)20/h6-9,11-14,20-22H,5,10,15H2,1-4H3,(H,27,29)(H,28,32)(H,30,31)/t21-,22+/m1/s1. The molecule has 2 atom stereocenters. The van der Waals surface area contributed by atoms with Crippen LogP contribution in [0, 0.1) is 5.41 Å². The SMILES string of the molecule is CCC[C@@H](NC(=O)[C@H](NC(=O)OCC1c2ccccc2-c2ccccc21)C(C)(C)C)C(=O)O. The maximum absolute atomic E-state index is 12.9. The van der Waals surface area contributed by atoms with Crippen LogP contribution in [0.2, 0.25) is 0 Å². The van der Waals surface area contributed by atoms with Crippen molar-refractivity contribution < 1.29 is 24.2 Å². The summed E-state index contributed by atoms with van der Waals surface area (Å²) in [7, 11) is 0. The number of nitrogens with one attached hydrogen (secondary N) is 2. The molecular weight excluding hydrogens is 420 g/mol. The zero-order valence-corrected chi connectivity index (χ0v) is 19.6. The first-order chi connectivity index (χ1) is 15.6. The third kappa shape index (κ3) is 5.53. The molecule has 7 nitrogen and oxygen atoms in total. The molecule has 3 rings (SSSR count). The van der Waals surface area contributed by atoms with E-state index >= 15 is 0 Å². The molecule has 1 aliphatic rings. The highest BCUT2D eigenvalue weighted by molar-refractivity contribution is 5.90. The van der Waals surface area contributed by atoms with Crippen LogP contribution in [0.3, 0.4) is 0 Å². The van der Waals surface area contributed by atoms with Gasteiger partial charge in [-0.2, -0.15) is 0 Å². The average Bonchev–Trinajstić information content (AvgIpc) is 3.08. The molecule has 0 saturated carbocycles. The van der Waals surface area contributed by atoms with Crippen molar-refractivity contribution in [1.82, 2.24) is 10.6 Å². The number of carboxylic acids is 1. The summed E-state index contributed by atoms with van der Waals surface area (Å²) in [6.07, 6.45) is 0.203. The van der Waals surface area contributed by atoms with E-state index in [1.54, 1.807) is 20.8 Å². The van der Waals surface area contributed by atoms with Crippen molar-refractivity contribution >= 4 is 18.0 Å². The van der Waals surface area contributed by atoms with E-state index in [1.165, 1.54) is 0 Å². The molecule has 3 N–H and O–H groups in total. The largest absolute Gasteiger partial charge is 0.480 e. The smallest absolute Gasteiger partial charge is 0.407 e. The van der Waals surface area contributed by atoms with Crippen LogP contribution in [-0.4, -0.2) is 41.8 Å². The molecule has 0 spiro atoms. The van der Waals surface area contributed by atoms with E-state index in [-0.39, 0.29) is 12.5 Å². The van der Waals surface area contributed by atoms with E-state index in [0.717, 1.165) is 22.3 Å². The number of hydrogen-bond acceptors (Lipinski definition) is 4. The summed E-state index contributed by atoms with van der Waals surface area (Å²) >= 11 is 0. The van der Waals surface area contributed by atoms with Gasteiger partial charge in [-0.05, 0) is 34.1 Å². The van der Waals surface area contributed by atoms with Crippen molar-refractivity contribution in [2.45, 2.75) is 58.5 Å². The Labute approximate surface area is 194 Å². The lowest BCUT2D eigenvalue weighted by Crippen LogP contribution is -2.56. The number of amides is 2. The second-order valence-corrected chi connectivity index (χ2v) is 9.46. The van der Waals surface area contributed by atoms with Crippen molar-refractivity contribution in [3.05, 3.63) is 59.7 Å². The van der Waals surface area contributed by atoms with E-state index in [0.29, 0.717) is 12.8 Å². The normalized spacial score (nSPS) is 14.5. The molecule has 0 unspecified atom stereocenters. The van der Waals surface area contributed by atoms with Crippen molar-refractivity contribution in [2.24, 2.45) is 5.41 Å². The first-order valence-electron chi connectivity index (χ1n) is 11.3. The highest BCUT2D eigenvalue weighted by atomic mass is 16.5. The quantitative estimate of drug-likeness (QED) is 0.554. The minimum atomic E-state index is -1.10. The second kappa shape index (κ2) is 10.1. The van der Waals surface area contributed by atoms with Gasteiger partial charge < -0.3 is 20.5 Å². The van der Waals surface area contributed by atoms with Crippen molar-refractivity contribution in [2.75, 3.05) is 6.61 Å². The number of carbonyl (C=O) groups excluding carboxylic acids is 2. The Morgan fingerprint density at radius 2 is 1.52 bits per heavy atom. The zero-order valence-electron chi connectivity index (χ0n) is 19.6. The molecule has 0 heterocycles. The Morgan fingerprint density at radius 1 is 0.970 bits per heavy atom.